The highest BCUT2D eigenvalue weighted by Crippen LogP contribution is 2.39. The maximum atomic E-state index is 11.3. The molecule has 0 aliphatic carbocycles. The van der Waals surface area contributed by atoms with Gasteiger partial charge in [-0.1, -0.05) is 83.6 Å². The molecule has 0 aromatic heterocycles. The predicted molar refractivity (Wildman–Crippen MR) is 132 cm³/mol. The number of rotatable bonds is 16. The van der Waals surface area contributed by atoms with Gasteiger partial charge in [0, 0.05) is 12.2 Å². The molecule has 32 heavy (non-hydrogen) atoms. The second kappa shape index (κ2) is 14.7. The second-order valence-corrected chi connectivity index (χ2v) is 8.34. The van der Waals surface area contributed by atoms with Crippen molar-refractivity contribution < 1.29 is 19.4 Å². The highest BCUT2D eigenvalue weighted by Gasteiger charge is 2.21. The number of hydrogen-bond donors (Lipinski definition) is 1. The third-order valence-electron chi connectivity index (χ3n) is 5.77. The van der Waals surface area contributed by atoms with E-state index in [1.54, 1.807) is 12.1 Å². The maximum Gasteiger partial charge on any atom is 0.335 e. The quantitative estimate of drug-likeness (QED) is 0.268. The number of carboxylic acid groups (broad SMARTS) is 1. The average molecular weight is 441 g/mol. The zero-order valence-electron chi connectivity index (χ0n) is 20.1. The molecule has 2 aromatic carbocycles. The van der Waals surface area contributed by atoms with E-state index in [0.29, 0.717) is 6.61 Å². The van der Waals surface area contributed by atoms with E-state index in [4.69, 9.17) is 9.47 Å². The van der Waals surface area contributed by atoms with Crippen LogP contribution in [0.25, 0.3) is 11.1 Å². The van der Waals surface area contributed by atoms with E-state index in [2.05, 4.69) is 26.8 Å². The lowest BCUT2D eigenvalue weighted by atomic mass is 9.93. The van der Waals surface area contributed by atoms with Gasteiger partial charge in [0.05, 0.1) is 18.3 Å². The van der Waals surface area contributed by atoms with Crippen LogP contribution in [0.1, 0.15) is 101 Å². The number of benzene rings is 2. The topological polar surface area (TPSA) is 55.8 Å². The summed E-state index contributed by atoms with van der Waals surface area (Å²) in [6, 6.07) is 13.2. The fraction of sp³-hybridized carbons (Fsp3) is 0.536. The van der Waals surface area contributed by atoms with Crippen molar-refractivity contribution in [1.82, 2.24) is 0 Å². The van der Waals surface area contributed by atoms with Crippen LogP contribution in [-0.4, -0.2) is 24.3 Å². The standard InChI is InChI=1S/C28H40O4/c1-4-7-9-10-11-12-21-32-26-15-13-14-24(22-16-18-23(19-17-22)28(29)30)27(26)25(6-3)31-20-8-5-2/h13-19,25H,4-12,20-21H2,1-3H3,(H,29,30). The van der Waals surface area contributed by atoms with E-state index < -0.39 is 5.97 Å². The lowest BCUT2D eigenvalue weighted by Gasteiger charge is -2.23. The second-order valence-electron chi connectivity index (χ2n) is 8.34. The number of hydrogen-bond acceptors (Lipinski definition) is 3. The number of aromatic carboxylic acids is 1. The fourth-order valence-electron chi connectivity index (χ4n) is 3.89. The Labute approximate surface area is 194 Å². The summed E-state index contributed by atoms with van der Waals surface area (Å²) in [5.41, 5.74) is 3.38. The zero-order chi connectivity index (χ0) is 23.2. The monoisotopic (exact) mass is 440 g/mol. The third kappa shape index (κ3) is 7.98. The molecule has 2 aromatic rings. The van der Waals surface area contributed by atoms with Gasteiger partial charge in [0.1, 0.15) is 5.75 Å². The van der Waals surface area contributed by atoms with E-state index in [9.17, 15) is 9.90 Å². The molecule has 1 unspecified atom stereocenters. The highest BCUT2D eigenvalue weighted by atomic mass is 16.5. The number of unbranched alkanes of at least 4 members (excludes halogenated alkanes) is 6. The molecule has 0 aliphatic heterocycles. The van der Waals surface area contributed by atoms with E-state index in [1.165, 1.54) is 32.1 Å². The molecule has 1 atom stereocenters. The van der Waals surface area contributed by atoms with Gasteiger partial charge in [0.2, 0.25) is 0 Å². The van der Waals surface area contributed by atoms with Crippen LogP contribution in [0, 0.1) is 0 Å². The molecular formula is C28H40O4. The van der Waals surface area contributed by atoms with Crippen molar-refractivity contribution in [2.45, 2.75) is 84.7 Å². The van der Waals surface area contributed by atoms with E-state index in [-0.39, 0.29) is 11.7 Å². The van der Waals surface area contributed by atoms with Crippen LogP contribution in [0.3, 0.4) is 0 Å². The van der Waals surface area contributed by atoms with Crippen LogP contribution < -0.4 is 4.74 Å². The van der Waals surface area contributed by atoms with Crippen LogP contribution in [-0.2, 0) is 4.74 Å². The summed E-state index contributed by atoms with van der Waals surface area (Å²) in [4.78, 5) is 11.3. The normalized spacial score (nSPS) is 12.0. The van der Waals surface area contributed by atoms with Crippen molar-refractivity contribution in [3.8, 4) is 16.9 Å². The molecule has 4 nitrogen and oxygen atoms in total. The first-order valence-corrected chi connectivity index (χ1v) is 12.3. The number of ether oxygens (including phenoxy) is 2. The molecule has 176 valence electrons. The van der Waals surface area contributed by atoms with Crippen molar-refractivity contribution in [3.63, 3.8) is 0 Å². The first-order chi connectivity index (χ1) is 15.6. The van der Waals surface area contributed by atoms with Crippen molar-refractivity contribution in [3.05, 3.63) is 53.6 Å². The molecule has 0 saturated carbocycles. The summed E-state index contributed by atoms with van der Waals surface area (Å²) >= 11 is 0. The van der Waals surface area contributed by atoms with Crippen molar-refractivity contribution in [1.29, 1.82) is 0 Å². The van der Waals surface area contributed by atoms with E-state index in [1.807, 2.05) is 24.3 Å². The minimum Gasteiger partial charge on any atom is -0.493 e. The van der Waals surface area contributed by atoms with Gasteiger partial charge in [-0.25, -0.2) is 4.79 Å². The van der Waals surface area contributed by atoms with Gasteiger partial charge in [-0.15, -0.1) is 0 Å². The lowest BCUT2D eigenvalue weighted by molar-refractivity contribution is 0.0463. The molecule has 4 heteroatoms. The fourth-order valence-corrected chi connectivity index (χ4v) is 3.89. The largest absolute Gasteiger partial charge is 0.493 e. The van der Waals surface area contributed by atoms with Crippen molar-refractivity contribution >= 4 is 5.97 Å². The summed E-state index contributed by atoms with van der Waals surface area (Å²) in [6.45, 7) is 7.96. The molecule has 0 heterocycles. The minimum atomic E-state index is -0.915. The van der Waals surface area contributed by atoms with Crippen LogP contribution in [0.4, 0.5) is 0 Å². The molecule has 0 fully saturated rings. The van der Waals surface area contributed by atoms with Crippen molar-refractivity contribution in [2.75, 3.05) is 13.2 Å². The van der Waals surface area contributed by atoms with Gasteiger partial charge < -0.3 is 14.6 Å². The Morgan fingerprint density at radius 2 is 1.53 bits per heavy atom. The Morgan fingerprint density at radius 3 is 2.19 bits per heavy atom. The van der Waals surface area contributed by atoms with Crippen LogP contribution in [0.2, 0.25) is 0 Å². The molecule has 0 saturated heterocycles. The SMILES string of the molecule is CCCCCCCCOc1cccc(-c2ccc(C(=O)O)cc2)c1C(CC)OCCCC. The Kier molecular flexibility index (Phi) is 11.9. The van der Waals surface area contributed by atoms with E-state index in [0.717, 1.165) is 54.7 Å². The Bertz CT molecular complexity index is 798. The maximum absolute atomic E-state index is 11.3. The highest BCUT2D eigenvalue weighted by molar-refractivity contribution is 5.88. The smallest absolute Gasteiger partial charge is 0.335 e. The van der Waals surface area contributed by atoms with Crippen molar-refractivity contribution in [2.24, 2.45) is 0 Å². The van der Waals surface area contributed by atoms with Gasteiger partial charge in [0.15, 0.2) is 0 Å². The lowest BCUT2D eigenvalue weighted by Crippen LogP contribution is -2.10. The third-order valence-corrected chi connectivity index (χ3v) is 5.77. The average Bonchev–Trinajstić information content (AvgIpc) is 2.81. The van der Waals surface area contributed by atoms with Crippen LogP contribution in [0.15, 0.2) is 42.5 Å². The summed E-state index contributed by atoms with van der Waals surface area (Å²) < 4.78 is 12.6. The molecule has 0 radical (unpaired) electrons. The summed E-state index contributed by atoms with van der Waals surface area (Å²) in [6.07, 6.45) is 10.3. The van der Waals surface area contributed by atoms with Gasteiger partial charge in [-0.2, -0.15) is 0 Å². The molecule has 0 bridgehead atoms. The van der Waals surface area contributed by atoms with Gasteiger partial charge in [-0.3, -0.25) is 0 Å². The van der Waals surface area contributed by atoms with Gasteiger partial charge >= 0.3 is 5.97 Å². The Morgan fingerprint density at radius 1 is 0.844 bits per heavy atom. The first kappa shape index (κ1) is 25.9. The predicted octanol–water partition coefficient (Wildman–Crippen LogP) is 8.06. The molecular weight excluding hydrogens is 400 g/mol. The van der Waals surface area contributed by atoms with Gasteiger partial charge in [-0.05, 0) is 48.6 Å². The Hall–Kier alpha value is -2.33. The summed E-state index contributed by atoms with van der Waals surface area (Å²) in [5, 5.41) is 9.24. The first-order valence-electron chi connectivity index (χ1n) is 12.3. The van der Waals surface area contributed by atoms with Crippen LogP contribution in [0.5, 0.6) is 5.75 Å². The summed E-state index contributed by atoms with van der Waals surface area (Å²) in [7, 11) is 0. The number of carboxylic acids is 1. The molecule has 0 spiro atoms. The zero-order valence-corrected chi connectivity index (χ0v) is 20.1. The minimum absolute atomic E-state index is 0.0588. The molecule has 1 N–H and O–H groups in total. The van der Waals surface area contributed by atoms with Crippen LogP contribution >= 0.6 is 0 Å². The molecule has 0 amide bonds. The molecule has 0 aliphatic rings. The summed E-state index contributed by atoms with van der Waals surface area (Å²) in [5.74, 6) is -0.0381. The number of carbonyl (C=O) groups is 1. The molecule has 2 rings (SSSR count). The Balaban J connectivity index is 2.25. The van der Waals surface area contributed by atoms with E-state index >= 15 is 0 Å². The van der Waals surface area contributed by atoms with Gasteiger partial charge in [0.25, 0.3) is 0 Å².